The molecule has 2 heterocycles. The van der Waals surface area contributed by atoms with Crippen LogP contribution in [0, 0.1) is 17.6 Å². The van der Waals surface area contributed by atoms with Crippen molar-refractivity contribution in [2.45, 2.75) is 51.2 Å². The van der Waals surface area contributed by atoms with Gasteiger partial charge >= 0.3 is 0 Å². The molecule has 200 valence electrons. The number of nitrogens with one attached hydrogen (secondary N) is 2. The van der Waals surface area contributed by atoms with Gasteiger partial charge in [0.1, 0.15) is 11.5 Å². The number of likely N-dealkylation sites (tertiary alicyclic amines) is 1. The van der Waals surface area contributed by atoms with Crippen LogP contribution < -0.4 is 15.4 Å². The average molecular weight is 518 g/mol. The van der Waals surface area contributed by atoms with E-state index in [2.05, 4.69) is 15.5 Å². The highest BCUT2D eigenvalue weighted by molar-refractivity contribution is 6.09. The number of rotatable bonds is 8. The third-order valence-corrected chi connectivity index (χ3v) is 6.88. The highest BCUT2D eigenvalue weighted by Crippen LogP contribution is 2.30. The van der Waals surface area contributed by atoms with Crippen LogP contribution in [0.3, 0.4) is 0 Å². The Morgan fingerprint density at radius 1 is 1.11 bits per heavy atom. The van der Waals surface area contributed by atoms with Crippen LogP contribution >= 0.6 is 0 Å². The molecule has 0 unspecified atom stereocenters. The number of piperidine rings is 1. The summed E-state index contributed by atoms with van der Waals surface area (Å²) in [4.78, 5) is 27.3. The molecule has 2 fully saturated rings. The van der Waals surface area contributed by atoms with Gasteiger partial charge in [0.15, 0.2) is 11.6 Å². The average Bonchev–Trinajstić information content (AvgIpc) is 3.38. The van der Waals surface area contributed by atoms with E-state index in [4.69, 9.17) is 4.74 Å². The lowest BCUT2D eigenvalue weighted by Crippen LogP contribution is -2.43. The molecule has 9 heteroatoms. The van der Waals surface area contributed by atoms with Gasteiger partial charge in [-0.25, -0.2) is 13.2 Å². The van der Waals surface area contributed by atoms with Crippen LogP contribution in [-0.2, 0) is 4.79 Å². The first-order chi connectivity index (χ1) is 17.6. The molecule has 2 aromatic carbocycles. The number of amides is 2. The molecule has 0 aromatic heterocycles. The Morgan fingerprint density at radius 3 is 2.51 bits per heavy atom. The summed E-state index contributed by atoms with van der Waals surface area (Å²) >= 11 is 0. The molecule has 0 bridgehead atoms. The lowest BCUT2D eigenvalue weighted by atomic mass is 9.96. The highest BCUT2D eigenvalue weighted by Gasteiger charge is 2.27. The van der Waals surface area contributed by atoms with Crippen molar-refractivity contribution in [1.82, 2.24) is 15.5 Å². The Balaban J connectivity index is 1.40. The topological polar surface area (TPSA) is 70.7 Å². The Kier molecular flexibility index (Phi) is 8.54. The zero-order valence-corrected chi connectivity index (χ0v) is 21.3. The minimum absolute atomic E-state index is 0.0703. The molecule has 0 aliphatic carbocycles. The third kappa shape index (κ3) is 7.11. The summed E-state index contributed by atoms with van der Waals surface area (Å²) in [5, 5.41) is 5.26. The van der Waals surface area contributed by atoms with E-state index in [9.17, 15) is 22.8 Å². The van der Waals surface area contributed by atoms with Crippen LogP contribution in [0.25, 0.3) is 11.1 Å². The Labute approximate surface area is 215 Å². The summed E-state index contributed by atoms with van der Waals surface area (Å²) in [6.07, 6.45) is 3.10. The number of benzene rings is 2. The molecule has 0 radical (unpaired) electrons. The first-order valence-electron chi connectivity index (χ1n) is 12.8. The molecule has 2 aromatic rings. The van der Waals surface area contributed by atoms with Crippen LogP contribution in [0.5, 0.6) is 5.75 Å². The van der Waals surface area contributed by atoms with Gasteiger partial charge in [0, 0.05) is 6.54 Å². The van der Waals surface area contributed by atoms with Crippen molar-refractivity contribution < 1.29 is 27.5 Å². The van der Waals surface area contributed by atoms with Crippen LogP contribution in [-0.4, -0.2) is 61.2 Å². The summed E-state index contributed by atoms with van der Waals surface area (Å²) < 4.78 is 49.3. The van der Waals surface area contributed by atoms with Crippen LogP contribution in [0.2, 0.25) is 0 Å². The Hall–Kier alpha value is -2.91. The maximum atomic E-state index is 15.0. The van der Waals surface area contributed by atoms with Gasteiger partial charge in [-0.1, -0.05) is 18.2 Å². The quantitative estimate of drug-likeness (QED) is 0.506. The Bertz CT molecular complexity index is 1120. The predicted molar refractivity (Wildman–Crippen MR) is 135 cm³/mol. The van der Waals surface area contributed by atoms with E-state index in [0.717, 1.165) is 38.4 Å². The molecule has 0 spiro atoms. The predicted octanol–water partition coefficient (Wildman–Crippen LogP) is 4.48. The lowest BCUT2D eigenvalue weighted by molar-refractivity contribution is -0.121. The molecular weight excluding hydrogens is 483 g/mol. The summed E-state index contributed by atoms with van der Waals surface area (Å²) in [5.41, 5.74) is -1.08. The lowest BCUT2D eigenvalue weighted by Gasteiger charge is -2.34. The van der Waals surface area contributed by atoms with Gasteiger partial charge in [0.25, 0.3) is 5.91 Å². The van der Waals surface area contributed by atoms with Crippen molar-refractivity contribution in [1.29, 1.82) is 0 Å². The van der Waals surface area contributed by atoms with Crippen molar-refractivity contribution in [3.63, 3.8) is 0 Å². The van der Waals surface area contributed by atoms with E-state index < -0.39 is 35.2 Å². The third-order valence-electron chi connectivity index (χ3n) is 6.88. The number of carbonyl (C=O) groups excluding carboxylic acids is 2. The number of nitrogens with zero attached hydrogens (tertiary/aromatic N) is 1. The second-order valence-corrected chi connectivity index (χ2v) is 10.5. The standard InChI is InChI=1S/C28H34F3N3O3/c1-28(2,31)17-34-13-10-18(11-14-34)16-37-24-9-8-19(15-22(24)30)20-5-3-6-21(29)25(20)27(36)33-26(35)23-7-4-12-32-23/h3,5-6,8-9,15,18,23,32H,4,7,10-14,16-17H2,1-2H3,(H,33,35,36)/t23-/m0/s1. The van der Waals surface area contributed by atoms with Crippen LogP contribution in [0.15, 0.2) is 36.4 Å². The number of hydrogen-bond donors (Lipinski definition) is 2. The van der Waals surface area contributed by atoms with E-state index in [0.29, 0.717) is 31.7 Å². The number of ether oxygens (including phenoxy) is 1. The largest absolute Gasteiger partial charge is 0.490 e. The molecule has 0 saturated carbocycles. The van der Waals surface area contributed by atoms with Gasteiger partial charge < -0.3 is 15.0 Å². The van der Waals surface area contributed by atoms with Gasteiger partial charge in [-0.3, -0.25) is 14.9 Å². The SMILES string of the molecule is CC(C)(F)CN1CCC(COc2ccc(-c3cccc(F)c3C(=O)NC(=O)[C@@H]3CCCN3)cc2F)CC1. The molecule has 2 amide bonds. The Morgan fingerprint density at radius 2 is 1.86 bits per heavy atom. The minimum Gasteiger partial charge on any atom is -0.490 e. The van der Waals surface area contributed by atoms with Gasteiger partial charge in [0.05, 0.1) is 18.2 Å². The number of imide groups is 1. The fourth-order valence-electron chi connectivity index (χ4n) is 5.00. The zero-order valence-electron chi connectivity index (χ0n) is 21.3. The van der Waals surface area contributed by atoms with Crippen LogP contribution in [0.4, 0.5) is 13.2 Å². The van der Waals surface area contributed by atoms with E-state index in [1.165, 1.54) is 24.3 Å². The number of halogens is 3. The van der Waals surface area contributed by atoms with E-state index in [1.54, 1.807) is 19.9 Å². The normalized spacial score (nSPS) is 19.1. The summed E-state index contributed by atoms with van der Waals surface area (Å²) in [6.45, 7) is 6.10. The molecule has 37 heavy (non-hydrogen) atoms. The second-order valence-electron chi connectivity index (χ2n) is 10.5. The van der Waals surface area contributed by atoms with E-state index >= 15 is 0 Å². The molecule has 6 nitrogen and oxygen atoms in total. The van der Waals surface area contributed by atoms with Crippen molar-refractivity contribution in [2.75, 3.05) is 32.8 Å². The molecule has 2 N–H and O–H groups in total. The maximum Gasteiger partial charge on any atom is 0.261 e. The number of carbonyl (C=O) groups is 2. The fraction of sp³-hybridized carbons (Fsp3) is 0.500. The second kappa shape index (κ2) is 11.6. The van der Waals surface area contributed by atoms with Gasteiger partial charge in [-0.15, -0.1) is 0 Å². The van der Waals surface area contributed by atoms with Crippen molar-refractivity contribution >= 4 is 11.8 Å². The highest BCUT2D eigenvalue weighted by atomic mass is 19.1. The van der Waals surface area contributed by atoms with Crippen molar-refractivity contribution in [3.8, 4) is 16.9 Å². The first-order valence-corrected chi connectivity index (χ1v) is 12.8. The zero-order chi connectivity index (χ0) is 26.6. The van der Waals surface area contributed by atoms with Crippen molar-refractivity contribution in [2.24, 2.45) is 5.92 Å². The van der Waals surface area contributed by atoms with Gasteiger partial charge in [-0.05, 0) is 94.4 Å². The van der Waals surface area contributed by atoms with Gasteiger partial charge in [-0.2, -0.15) is 0 Å². The number of alkyl halides is 1. The molecule has 4 rings (SSSR count). The first kappa shape index (κ1) is 27.1. The van der Waals surface area contributed by atoms with Gasteiger partial charge in [0.2, 0.25) is 5.91 Å². The van der Waals surface area contributed by atoms with E-state index in [-0.39, 0.29) is 22.8 Å². The monoisotopic (exact) mass is 517 g/mol. The maximum absolute atomic E-state index is 15.0. The molecule has 2 aliphatic rings. The van der Waals surface area contributed by atoms with E-state index in [1.807, 2.05) is 0 Å². The summed E-state index contributed by atoms with van der Waals surface area (Å²) in [7, 11) is 0. The smallest absolute Gasteiger partial charge is 0.261 e. The molecule has 1 atom stereocenters. The minimum atomic E-state index is -1.24. The fourth-order valence-corrected chi connectivity index (χ4v) is 5.00. The molecular formula is C28H34F3N3O3. The van der Waals surface area contributed by atoms with Crippen molar-refractivity contribution in [3.05, 3.63) is 53.6 Å². The number of hydrogen-bond acceptors (Lipinski definition) is 5. The molecule has 2 aliphatic heterocycles. The summed E-state index contributed by atoms with van der Waals surface area (Å²) in [6, 6.07) is 7.81. The van der Waals surface area contributed by atoms with Crippen LogP contribution in [0.1, 0.15) is 49.9 Å². The summed E-state index contributed by atoms with van der Waals surface area (Å²) in [5.74, 6) is -2.49. The molecule has 2 saturated heterocycles.